The fraction of sp³-hybridized carbons (Fsp3) is 0.143. The molecule has 3 nitrogen and oxygen atoms in total. The molecule has 0 amide bonds. The first-order valence-electron chi connectivity index (χ1n) is 5.54. The zero-order valence-electron chi connectivity index (χ0n) is 9.94. The van der Waals surface area contributed by atoms with Crippen LogP contribution in [0, 0.1) is 18.3 Å². The molecular weight excluding hydrogens is 290 g/mol. The molecule has 0 aliphatic heterocycles. The molecule has 0 radical (unpaired) electrons. The van der Waals surface area contributed by atoms with Gasteiger partial charge in [0, 0.05) is 6.54 Å². The van der Waals surface area contributed by atoms with Crippen molar-refractivity contribution in [3.05, 3.63) is 57.8 Å². The minimum absolute atomic E-state index is 0.680. The predicted octanol–water partition coefficient (Wildman–Crippen LogP) is 3.64. The molecule has 0 spiro atoms. The van der Waals surface area contributed by atoms with Gasteiger partial charge in [0.1, 0.15) is 4.60 Å². The summed E-state index contributed by atoms with van der Waals surface area (Å²) in [4.78, 5) is 4.23. The maximum Gasteiger partial charge on any atom is 0.109 e. The number of aryl methyl sites for hydroxylation is 1. The van der Waals surface area contributed by atoms with Crippen LogP contribution in [0.1, 0.15) is 16.7 Å². The number of hydrogen-bond acceptors (Lipinski definition) is 3. The third-order valence-corrected chi connectivity index (χ3v) is 3.42. The zero-order valence-corrected chi connectivity index (χ0v) is 11.5. The van der Waals surface area contributed by atoms with E-state index in [9.17, 15) is 0 Å². The van der Waals surface area contributed by atoms with Crippen LogP contribution in [0.15, 0.2) is 41.1 Å². The van der Waals surface area contributed by atoms with Crippen LogP contribution in [0.25, 0.3) is 0 Å². The third-order valence-electron chi connectivity index (χ3n) is 2.59. The number of nitrogens with one attached hydrogen (secondary N) is 1. The van der Waals surface area contributed by atoms with Crippen LogP contribution in [0.5, 0.6) is 0 Å². The average molecular weight is 302 g/mol. The lowest BCUT2D eigenvalue weighted by Crippen LogP contribution is -2.00. The van der Waals surface area contributed by atoms with E-state index in [1.165, 1.54) is 0 Å². The van der Waals surface area contributed by atoms with Gasteiger partial charge in [-0.05, 0) is 52.2 Å². The second kappa shape index (κ2) is 5.65. The fourth-order valence-electron chi connectivity index (χ4n) is 1.56. The van der Waals surface area contributed by atoms with Crippen molar-refractivity contribution in [2.24, 2.45) is 0 Å². The summed E-state index contributed by atoms with van der Waals surface area (Å²) in [5, 5.41) is 12.0. The van der Waals surface area contributed by atoms with Gasteiger partial charge in [0.25, 0.3) is 0 Å². The lowest BCUT2D eigenvalue weighted by atomic mass is 10.1. The first-order valence-corrected chi connectivity index (χ1v) is 6.33. The van der Waals surface area contributed by atoms with Gasteiger partial charge in [0.2, 0.25) is 0 Å². The van der Waals surface area contributed by atoms with Crippen molar-refractivity contribution in [2.75, 3.05) is 5.32 Å². The molecule has 1 aromatic heterocycles. The number of rotatable bonds is 3. The third kappa shape index (κ3) is 3.08. The Labute approximate surface area is 115 Å². The second-order valence-electron chi connectivity index (χ2n) is 3.99. The van der Waals surface area contributed by atoms with E-state index in [1.807, 2.05) is 37.3 Å². The Kier molecular flexibility index (Phi) is 3.96. The SMILES string of the molecule is Cc1cc(NCc2ccc(C#N)cc2)cnc1Br. The van der Waals surface area contributed by atoms with Gasteiger partial charge in [-0.2, -0.15) is 5.26 Å². The van der Waals surface area contributed by atoms with Crippen LogP contribution in [-0.4, -0.2) is 4.98 Å². The fourth-order valence-corrected chi connectivity index (χ4v) is 1.77. The molecule has 4 heteroatoms. The summed E-state index contributed by atoms with van der Waals surface area (Å²) in [5.41, 5.74) is 3.90. The van der Waals surface area contributed by atoms with Crippen LogP contribution in [0.4, 0.5) is 5.69 Å². The molecular formula is C14H12BrN3. The number of nitriles is 1. The zero-order chi connectivity index (χ0) is 13.0. The van der Waals surface area contributed by atoms with Gasteiger partial charge in [0.15, 0.2) is 0 Å². The normalized spacial score (nSPS) is 9.83. The Morgan fingerprint density at radius 3 is 2.67 bits per heavy atom. The highest BCUT2D eigenvalue weighted by atomic mass is 79.9. The first-order chi connectivity index (χ1) is 8.69. The number of anilines is 1. The van der Waals surface area contributed by atoms with E-state index in [-0.39, 0.29) is 0 Å². The highest BCUT2D eigenvalue weighted by Gasteiger charge is 1.99. The van der Waals surface area contributed by atoms with Crippen molar-refractivity contribution in [3.63, 3.8) is 0 Å². The molecule has 18 heavy (non-hydrogen) atoms. The number of hydrogen-bond donors (Lipinski definition) is 1. The van der Waals surface area contributed by atoms with Gasteiger partial charge < -0.3 is 5.32 Å². The van der Waals surface area contributed by atoms with Gasteiger partial charge in [-0.1, -0.05) is 12.1 Å². The summed E-state index contributed by atoms with van der Waals surface area (Å²) in [7, 11) is 0. The number of benzene rings is 1. The lowest BCUT2D eigenvalue weighted by molar-refractivity contribution is 1.12. The van der Waals surface area contributed by atoms with E-state index < -0.39 is 0 Å². The Balaban J connectivity index is 2.02. The summed E-state index contributed by atoms with van der Waals surface area (Å²) in [6.45, 7) is 2.72. The second-order valence-corrected chi connectivity index (χ2v) is 4.75. The molecule has 0 atom stereocenters. The van der Waals surface area contributed by atoms with Crippen LogP contribution in [0.3, 0.4) is 0 Å². The van der Waals surface area contributed by atoms with E-state index >= 15 is 0 Å². The van der Waals surface area contributed by atoms with Gasteiger partial charge >= 0.3 is 0 Å². The Bertz CT molecular complexity index is 585. The molecule has 90 valence electrons. The monoisotopic (exact) mass is 301 g/mol. The molecule has 1 N–H and O–H groups in total. The molecule has 0 saturated carbocycles. The molecule has 0 aliphatic carbocycles. The van der Waals surface area contributed by atoms with Crippen molar-refractivity contribution in [3.8, 4) is 6.07 Å². The van der Waals surface area contributed by atoms with Crippen LogP contribution >= 0.6 is 15.9 Å². The van der Waals surface area contributed by atoms with Crippen molar-refractivity contribution in [1.82, 2.24) is 4.98 Å². The molecule has 2 aromatic rings. The van der Waals surface area contributed by atoms with Gasteiger partial charge in [-0.15, -0.1) is 0 Å². The van der Waals surface area contributed by atoms with Gasteiger partial charge in [0.05, 0.1) is 23.5 Å². The summed E-state index contributed by atoms with van der Waals surface area (Å²) in [5.74, 6) is 0. The van der Waals surface area contributed by atoms with Crippen LogP contribution in [0.2, 0.25) is 0 Å². The van der Waals surface area contributed by atoms with E-state index in [0.29, 0.717) is 12.1 Å². The highest BCUT2D eigenvalue weighted by molar-refractivity contribution is 9.10. The summed E-state index contributed by atoms with van der Waals surface area (Å²) >= 11 is 3.37. The number of aromatic nitrogens is 1. The minimum atomic E-state index is 0.680. The Hall–Kier alpha value is -1.86. The van der Waals surface area contributed by atoms with E-state index in [4.69, 9.17) is 5.26 Å². The van der Waals surface area contributed by atoms with Crippen molar-refractivity contribution in [1.29, 1.82) is 5.26 Å². The van der Waals surface area contributed by atoms with Crippen molar-refractivity contribution in [2.45, 2.75) is 13.5 Å². The summed E-state index contributed by atoms with van der Waals surface area (Å²) < 4.78 is 0.867. The summed E-state index contributed by atoms with van der Waals surface area (Å²) in [6, 6.07) is 11.7. The quantitative estimate of drug-likeness (QED) is 0.881. The van der Waals surface area contributed by atoms with E-state index in [2.05, 4.69) is 32.3 Å². The predicted molar refractivity (Wildman–Crippen MR) is 75.2 cm³/mol. The molecule has 0 fully saturated rings. The summed E-state index contributed by atoms with van der Waals surface area (Å²) in [6.07, 6.45) is 1.79. The van der Waals surface area contributed by atoms with Crippen molar-refractivity contribution >= 4 is 21.6 Å². The topological polar surface area (TPSA) is 48.7 Å². The molecule has 1 aromatic carbocycles. The largest absolute Gasteiger partial charge is 0.380 e. The average Bonchev–Trinajstić information content (AvgIpc) is 2.41. The number of nitrogens with zero attached hydrogens (tertiary/aromatic N) is 2. The molecule has 1 heterocycles. The van der Waals surface area contributed by atoms with Gasteiger partial charge in [-0.25, -0.2) is 4.98 Å². The number of halogens is 1. The number of pyridine rings is 1. The standard InChI is InChI=1S/C14H12BrN3/c1-10-6-13(9-18-14(10)15)17-8-12-4-2-11(7-16)3-5-12/h2-6,9,17H,8H2,1H3. The molecule has 0 unspecified atom stereocenters. The first kappa shape index (κ1) is 12.6. The Morgan fingerprint density at radius 1 is 1.33 bits per heavy atom. The highest BCUT2D eigenvalue weighted by Crippen LogP contribution is 2.17. The Morgan fingerprint density at radius 2 is 2.06 bits per heavy atom. The van der Waals surface area contributed by atoms with Crippen LogP contribution in [-0.2, 0) is 6.54 Å². The minimum Gasteiger partial charge on any atom is -0.380 e. The van der Waals surface area contributed by atoms with Gasteiger partial charge in [-0.3, -0.25) is 0 Å². The van der Waals surface area contributed by atoms with Crippen LogP contribution < -0.4 is 5.32 Å². The maximum absolute atomic E-state index is 8.71. The van der Waals surface area contributed by atoms with E-state index in [0.717, 1.165) is 21.4 Å². The van der Waals surface area contributed by atoms with Crippen molar-refractivity contribution < 1.29 is 0 Å². The lowest BCUT2D eigenvalue weighted by Gasteiger charge is -2.07. The molecule has 2 rings (SSSR count). The maximum atomic E-state index is 8.71. The molecule has 0 bridgehead atoms. The smallest absolute Gasteiger partial charge is 0.109 e. The molecule has 0 aliphatic rings. The molecule has 0 saturated heterocycles. The van der Waals surface area contributed by atoms with E-state index in [1.54, 1.807) is 6.20 Å².